The molecule has 0 radical (unpaired) electrons. The van der Waals surface area contributed by atoms with Crippen molar-refractivity contribution in [1.29, 1.82) is 0 Å². The fourth-order valence-corrected chi connectivity index (χ4v) is 2.68. The fourth-order valence-electron chi connectivity index (χ4n) is 2.68. The largest absolute Gasteiger partial charge is 0.444 e. The molecule has 7 heteroatoms. The molecule has 6 nitrogen and oxygen atoms in total. The number of carbonyl (C=O) groups excluding carboxylic acids is 2. The van der Waals surface area contributed by atoms with E-state index < -0.39 is 17.3 Å². The second kappa shape index (κ2) is 6.67. The van der Waals surface area contributed by atoms with Crippen molar-refractivity contribution in [2.45, 2.75) is 39.3 Å². The molecule has 1 fully saturated rings. The third-order valence-electron chi connectivity index (χ3n) is 3.84. The maximum absolute atomic E-state index is 13.9. The average Bonchev–Trinajstić information content (AvgIpc) is 2.44. The molecule has 132 valence electrons. The number of halogens is 1. The highest BCUT2D eigenvalue weighted by molar-refractivity contribution is 5.93. The summed E-state index contributed by atoms with van der Waals surface area (Å²) in [6, 6.07) is 4.28. The molecule has 24 heavy (non-hydrogen) atoms. The van der Waals surface area contributed by atoms with Crippen LogP contribution in [-0.4, -0.2) is 48.2 Å². The summed E-state index contributed by atoms with van der Waals surface area (Å²) < 4.78 is 19.3. The number of piperazine rings is 1. The van der Waals surface area contributed by atoms with Crippen LogP contribution in [0.1, 0.15) is 38.1 Å². The molecular formula is C17H24FN3O3. The number of hydrogen-bond donors (Lipinski definition) is 1. The van der Waals surface area contributed by atoms with Gasteiger partial charge in [-0.25, -0.2) is 9.18 Å². The smallest absolute Gasteiger partial charge is 0.410 e. The first-order valence-corrected chi connectivity index (χ1v) is 7.92. The van der Waals surface area contributed by atoms with E-state index in [-0.39, 0.29) is 17.7 Å². The van der Waals surface area contributed by atoms with Gasteiger partial charge in [0, 0.05) is 31.4 Å². The van der Waals surface area contributed by atoms with E-state index in [0.29, 0.717) is 25.3 Å². The molecule has 0 bridgehead atoms. The second-order valence-electron chi connectivity index (χ2n) is 7.00. The predicted octanol–water partition coefficient (Wildman–Crippen LogP) is 2.37. The molecule has 1 saturated heterocycles. The van der Waals surface area contributed by atoms with Gasteiger partial charge in [0.05, 0.1) is 5.56 Å². The van der Waals surface area contributed by atoms with Gasteiger partial charge >= 0.3 is 6.09 Å². The van der Waals surface area contributed by atoms with Gasteiger partial charge in [0.15, 0.2) is 0 Å². The summed E-state index contributed by atoms with van der Waals surface area (Å²) >= 11 is 0. The Morgan fingerprint density at radius 3 is 2.46 bits per heavy atom. The Morgan fingerprint density at radius 2 is 1.96 bits per heavy atom. The highest BCUT2D eigenvalue weighted by Crippen LogP contribution is 2.23. The van der Waals surface area contributed by atoms with Crippen LogP contribution in [0.25, 0.3) is 0 Å². The molecule has 1 atom stereocenters. The molecule has 1 heterocycles. The van der Waals surface area contributed by atoms with Crippen molar-refractivity contribution in [1.82, 2.24) is 4.90 Å². The van der Waals surface area contributed by atoms with Crippen molar-refractivity contribution in [3.63, 3.8) is 0 Å². The maximum atomic E-state index is 13.9. The quantitative estimate of drug-likeness (QED) is 0.899. The highest BCUT2D eigenvalue weighted by Gasteiger charge is 2.31. The first-order chi connectivity index (χ1) is 11.1. The maximum Gasteiger partial charge on any atom is 0.410 e. The summed E-state index contributed by atoms with van der Waals surface area (Å²) in [5.74, 6) is -1.43. The lowest BCUT2D eigenvalue weighted by atomic mass is 10.1. The number of rotatable bonds is 2. The summed E-state index contributed by atoms with van der Waals surface area (Å²) in [4.78, 5) is 27.0. The van der Waals surface area contributed by atoms with E-state index in [9.17, 15) is 14.0 Å². The van der Waals surface area contributed by atoms with Crippen LogP contribution in [0.15, 0.2) is 18.2 Å². The van der Waals surface area contributed by atoms with Crippen LogP contribution in [0.2, 0.25) is 0 Å². The Kier molecular flexibility index (Phi) is 5.01. The summed E-state index contributed by atoms with van der Waals surface area (Å²) in [7, 11) is 0. The average molecular weight is 337 g/mol. The van der Waals surface area contributed by atoms with Crippen LogP contribution in [0.4, 0.5) is 14.9 Å². The molecule has 0 aliphatic carbocycles. The topological polar surface area (TPSA) is 75.9 Å². The van der Waals surface area contributed by atoms with E-state index in [1.54, 1.807) is 11.0 Å². The zero-order chi connectivity index (χ0) is 18.1. The normalized spacial score (nSPS) is 18.5. The molecule has 2 N–H and O–H groups in total. The number of primary amides is 1. The van der Waals surface area contributed by atoms with Gasteiger partial charge in [-0.05, 0) is 45.9 Å². The fraction of sp³-hybridized carbons (Fsp3) is 0.529. The number of amides is 2. The monoisotopic (exact) mass is 337 g/mol. The van der Waals surface area contributed by atoms with Crippen LogP contribution in [0, 0.1) is 5.82 Å². The molecule has 1 aromatic carbocycles. The van der Waals surface area contributed by atoms with Gasteiger partial charge in [0.2, 0.25) is 0 Å². The van der Waals surface area contributed by atoms with Gasteiger partial charge in [0.25, 0.3) is 5.91 Å². The lowest BCUT2D eigenvalue weighted by Gasteiger charge is -2.41. The Labute approximate surface area is 141 Å². The lowest BCUT2D eigenvalue weighted by Crippen LogP contribution is -2.55. The van der Waals surface area contributed by atoms with Crippen molar-refractivity contribution >= 4 is 17.7 Å². The summed E-state index contributed by atoms with van der Waals surface area (Å²) in [5.41, 5.74) is 5.11. The molecule has 0 saturated carbocycles. The van der Waals surface area contributed by atoms with Crippen molar-refractivity contribution in [2.24, 2.45) is 5.73 Å². The van der Waals surface area contributed by atoms with Crippen molar-refractivity contribution < 1.29 is 18.7 Å². The summed E-state index contributed by atoms with van der Waals surface area (Å²) in [6.45, 7) is 8.99. The highest BCUT2D eigenvalue weighted by atomic mass is 19.1. The number of nitrogens with two attached hydrogens (primary N) is 1. The molecule has 1 aliphatic heterocycles. The Morgan fingerprint density at radius 1 is 1.29 bits per heavy atom. The third-order valence-corrected chi connectivity index (χ3v) is 3.84. The predicted molar refractivity (Wildman–Crippen MR) is 89.5 cm³/mol. The van der Waals surface area contributed by atoms with Crippen LogP contribution < -0.4 is 10.6 Å². The Hall–Kier alpha value is -2.31. The van der Waals surface area contributed by atoms with Crippen LogP contribution in [-0.2, 0) is 4.74 Å². The van der Waals surface area contributed by atoms with Gasteiger partial charge in [-0.2, -0.15) is 0 Å². The van der Waals surface area contributed by atoms with E-state index in [0.717, 1.165) is 0 Å². The molecule has 2 amide bonds. The minimum atomic E-state index is -0.790. The Bertz CT molecular complexity index is 642. The Balaban J connectivity index is 2.07. The second-order valence-corrected chi connectivity index (χ2v) is 7.00. The van der Waals surface area contributed by atoms with Crippen molar-refractivity contribution in [3.05, 3.63) is 29.6 Å². The molecule has 2 rings (SSSR count). The van der Waals surface area contributed by atoms with Gasteiger partial charge in [0.1, 0.15) is 11.4 Å². The minimum absolute atomic E-state index is 0.0764. The molecule has 0 unspecified atom stereocenters. The van der Waals surface area contributed by atoms with E-state index >= 15 is 0 Å². The minimum Gasteiger partial charge on any atom is -0.444 e. The number of anilines is 1. The van der Waals surface area contributed by atoms with Gasteiger partial charge in [-0.15, -0.1) is 0 Å². The van der Waals surface area contributed by atoms with Gasteiger partial charge < -0.3 is 20.3 Å². The standard InChI is InChI=1S/C17H24FN3O3/c1-11-10-20(7-8-21(11)16(23)24-17(2,3)4)12-5-6-13(15(19)22)14(18)9-12/h5-6,9,11H,7-8,10H2,1-4H3,(H2,19,22)/t11-/m1/s1. The van der Waals surface area contributed by atoms with E-state index in [1.807, 2.05) is 32.6 Å². The van der Waals surface area contributed by atoms with E-state index in [1.165, 1.54) is 12.1 Å². The van der Waals surface area contributed by atoms with Crippen LogP contribution in [0.3, 0.4) is 0 Å². The van der Waals surface area contributed by atoms with E-state index in [2.05, 4.69) is 0 Å². The molecule has 1 aliphatic rings. The lowest BCUT2D eigenvalue weighted by molar-refractivity contribution is 0.0159. The number of ether oxygens (including phenoxy) is 1. The van der Waals surface area contributed by atoms with Crippen LogP contribution >= 0.6 is 0 Å². The van der Waals surface area contributed by atoms with Crippen molar-refractivity contribution in [3.8, 4) is 0 Å². The number of hydrogen-bond acceptors (Lipinski definition) is 4. The van der Waals surface area contributed by atoms with E-state index in [4.69, 9.17) is 10.5 Å². The molecule has 1 aromatic rings. The third kappa shape index (κ3) is 4.15. The summed E-state index contributed by atoms with van der Waals surface area (Å²) in [6.07, 6.45) is -0.343. The van der Waals surface area contributed by atoms with Crippen LogP contribution in [0.5, 0.6) is 0 Å². The van der Waals surface area contributed by atoms with Gasteiger partial charge in [-0.3, -0.25) is 4.79 Å². The first-order valence-electron chi connectivity index (χ1n) is 7.92. The SMILES string of the molecule is C[C@@H]1CN(c2ccc(C(N)=O)c(F)c2)CCN1C(=O)OC(C)(C)C. The number of carbonyl (C=O) groups is 2. The molecular weight excluding hydrogens is 313 g/mol. The molecule has 0 aromatic heterocycles. The number of nitrogens with zero attached hydrogens (tertiary/aromatic N) is 2. The number of benzene rings is 1. The zero-order valence-electron chi connectivity index (χ0n) is 14.5. The van der Waals surface area contributed by atoms with Gasteiger partial charge in [-0.1, -0.05) is 0 Å². The first kappa shape index (κ1) is 18.0. The zero-order valence-corrected chi connectivity index (χ0v) is 14.5. The van der Waals surface area contributed by atoms with Crippen molar-refractivity contribution in [2.75, 3.05) is 24.5 Å². The summed E-state index contributed by atoms with van der Waals surface area (Å²) in [5, 5.41) is 0. The molecule has 0 spiro atoms.